The highest BCUT2D eigenvalue weighted by Gasteiger charge is 2.36. The molecule has 1 saturated heterocycles. The van der Waals surface area contributed by atoms with Gasteiger partial charge in [-0.3, -0.25) is 0 Å². The second-order valence-corrected chi connectivity index (χ2v) is 5.75. The van der Waals surface area contributed by atoms with Gasteiger partial charge in [-0.05, 0) is 24.5 Å². The van der Waals surface area contributed by atoms with Crippen LogP contribution in [0.4, 0.5) is 0 Å². The minimum atomic E-state index is -0.694. The van der Waals surface area contributed by atoms with Crippen LogP contribution in [0.25, 0.3) is 0 Å². The van der Waals surface area contributed by atoms with Gasteiger partial charge in [0, 0.05) is 25.5 Å². The largest absolute Gasteiger partial charge is 0.464 e. The molecule has 2 N–H and O–H groups in total. The highest BCUT2D eigenvalue weighted by Crippen LogP contribution is 2.47. The van der Waals surface area contributed by atoms with Gasteiger partial charge >= 0.3 is 0 Å². The molecule has 1 saturated carbocycles. The summed E-state index contributed by atoms with van der Waals surface area (Å²) in [6.45, 7) is 4.57. The van der Waals surface area contributed by atoms with E-state index in [0.717, 1.165) is 17.4 Å². The average molecular weight is 251 g/mol. The van der Waals surface area contributed by atoms with E-state index in [2.05, 4.69) is 18.3 Å². The van der Waals surface area contributed by atoms with Crippen molar-refractivity contribution in [2.45, 2.75) is 37.8 Å². The van der Waals surface area contributed by atoms with Crippen LogP contribution in [0.5, 0.6) is 0 Å². The molecule has 4 nitrogen and oxygen atoms in total. The van der Waals surface area contributed by atoms with Gasteiger partial charge in [-0.1, -0.05) is 6.92 Å². The Balaban J connectivity index is 1.46. The summed E-state index contributed by atoms with van der Waals surface area (Å²) >= 11 is 0. The number of rotatable bonds is 5. The van der Waals surface area contributed by atoms with Gasteiger partial charge in [0.25, 0.3) is 0 Å². The molecular formula is C14H21NO3. The highest BCUT2D eigenvalue weighted by atomic mass is 16.5. The van der Waals surface area contributed by atoms with Crippen molar-refractivity contribution in [3.8, 4) is 0 Å². The fourth-order valence-electron chi connectivity index (χ4n) is 2.56. The van der Waals surface area contributed by atoms with Crippen LogP contribution in [0.2, 0.25) is 0 Å². The Kier molecular flexibility index (Phi) is 3.18. The minimum Gasteiger partial charge on any atom is -0.464 e. The van der Waals surface area contributed by atoms with E-state index in [1.54, 1.807) is 0 Å². The molecule has 0 amide bonds. The molecule has 0 radical (unpaired) electrons. The van der Waals surface area contributed by atoms with Gasteiger partial charge in [-0.25, -0.2) is 0 Å². The maximum Gasteiger partial charge on any atom is 0.117 e. The predicted molar refractivity (Wildman–Crippen MR) is 67.3 cm³/mol. The fraction of sp³-hybridized carbons (Fsp3) is 0.714. The van der Waals surface area contributed by atoms with Crippen molar-refractivity contribution in [3.63, 3.8) is 0 Å². The van der Waals surface area contributed by atoms with Gasteiger partial charge in [0.1, 0.15) is 17.1 Å². The van der Waals surface area contributed by atoms with E-state index in [1.807, 2.05) is 6.07 Å². The lowest BCUT2D eigenvalue weighted by molar-refractivity contribution is 0.0265. The molecule has 3 unspecified atom stereocenters. The van der Waals surface area contributed by atoms with Gasteiger partial charge in [-0.2, -0.15) is 0 Å². The number of furan rings is 1. The Morgan fingerprint density at radius 2 is 2.33 bits per heavy atom. The van der Waals surface area contributed by atoms with Crippen molar-refractivity contribution in [2.24, 2.45) is 5.92 Å². The summed E-state index contributed by atoms with van der Waals surface area (Å²) in [5.41, 5.74) is -0.694. The zero-order valence-corrected chi connectivity index (χ0v) is 10.8. The lowest BCUT2D eigenvalue weighted by Crippen LogP contribution is -2.40. The standard InChI is InChI=1S/C14H21NO3/c1-10-6-12(10)13-3-2-11(18-13)7-15-8-14(16)4-5-17-9-14/h2-3,10,12,15-16H,4-9H2,1H3. The number of hydrogen-bond donors (Lipinski definition) is 2. The van der Waals surface area contributed by atoms with Gasteiger partial charge in [-0.15, -0.1) is 0 Å². The smallest absolute Gasteiger partial charge is 0.117 e. The number of aliphatic hydroxyl groups is 1. The van der Waals surface area contributed by atoms with Crippen LogP contribution in [0.15, 0.2) is 16.5 Å². The van der Waals surface area contributed by atoms with Crippen LogP contribution < -0.4 is 5.32 Å². The molecule has 1 aliphatic carbocycles. The van der Waals surface area contributed by atoms with Gasteiger partial charge in [0.05, 0.1) is 13.2 Å². The van der Waals surface area contributed by atoms with E-state index in [0.29, 0.717) is 38.6 Å². The van der Waals surface area contributed by atoms with Gasteiger partial charge < -0.3 is 19.6 Å². The van der Waals surface area contributed by atoms with Crippen LogP contribution in [-0.2, 0) is 11.3 Å². The molecule has 2 fully saturated rings. The first-order valence-corrected chi connectivity index (χ1v) is 6.76. The third-order valence-electron chi connectivity index (χ3n) is 3.99. The summed E-state index contributed by atoms with van der Waals surface area (Å²) in [6.07, 6.45) is 1.96. The van der Waals surface area contributed by atoms with Crippen LogP contribution in [0.3, 0.4) is 0 Å². The van der Waals surface area contributed by atoms with Crippen molar-refractivity contribution >= 4 is 0 Å². The Morgan fingerprint density at radius 1 is 1.50 bits per heavy atom. The topological polar surface area (TPSA) is 54.6 Å². The Hall–Kier alpha value is -0.840. The molecule has 4 heteroatoms. The highest BCUT2D eigenvalue weighted by molar-refractivity contribution is 5.17. The lowest BCUT2D eigenvalue weighted by atomic mass is 10.0. The van der Waals surface area contributed by atoms with E-state index in [-0.39, 0.29) is 0 Å². The zero-order chi connectivity index (χ0) is 12.6. The van der Waals surface area contributed by atoms with Crippen LogP contribution in [-0.4, -0.2) is 30.5 Å². The van der Waals surface area contributed by atoms with Crippen LogP contribution in [0, 0.1) is 5.92 Å². The molecule has 2 heterocycles. The third kappa shape index (κ3) is 2.60. The Bertz CT molecular complexity index is 409. The molecule has 18 heavy (non-hydrogen) atoms. The van der Waals surface area contributed by atoms with Crippen molar-refractivity contribution < 1.29 is 14.3 Å². The molecule has 3 atom stereocenters. The van der Waals surface area contributed by atoms with E-state index in [1.165, 1.54) is 6.42 Å². The Labute approximate surface area is 107 Å². The number of nitrogens with one attached hydrogen (secondary N) is 1. The molecule has 0 spiro atoms. The summed E-state index contributed by atoms with van der Waals surface area (Å²) < 4.78 is 11.0. The monoisotopic (exact) mass is 251 g/mol. The van der Waals surface area contributed by atoms with E-state index < -0.39 is 5.60 Å². The molecule has 0 aromatic carbocycles. The van der Waals surface area contributed by atoms with E-state index in [4.69, 9.17) is 9.15 Å². The summed E-state index contributed by atoms with van der Waals surface area (Å²) in [6, 6.07) is 4.11. The Morgan fingerprint density at radius 3 is 3.00 bits per heavy atom. The van der Waals surface area contributed by atoms with Crippen LogP contribution in [0.1, 0.15) is 37.2 Å². The molecule has 100 valence electrons. The maximum atomic E-state index is 10.1. The maximum absolute atomic E-state index is 10.1. The summed E-state index contributed by atoms with van der Waals surface area (Å²) in [5.74, 6) is 3.47. The number of ether oxygens (including phenoxy) is 1. The second kappa shape index (κ2) is 4.68. The fourth-order valence-corrected chi connectivity index (χ4v) is 2.56. The minimum absolute atomic E-state index is 0.434. The van der Waals surface area contributed by atoms with Crippen LogP contribution >= 0.6 is 0 Å². The van der Waals surface area contributed by atoms with E-state index in [9.17, 15) is 5.11 Å². The van der Waals surface area contributed by atoms with Gasteiger partial charge in [0.15, 0.2) is 0 Å². The number of hydrogen-bond acceptors (Lipinski definition) is 4. The van der Waals surface area contributed by atoms with Crippen molar-refractivity contribution in [3.05, 3.63) is 23.7 Å². The molecule has 0 bridgehead atoms. The molecule has 1 aromatic heterocycles. The average Bonchev–Trinajstić information content (AvgIpc) is 2.79. The summed E-state index contributed by atoms with van der Waals surface area (Å²) in [5, 5.41) is 13.3. The normalized spacial score (nSPS) is 35.0. The van der Waals surface area contributed by atoms with E-state index >= 15 is 0 Å². The SMILES string of the molecule is CC1CC1c1ccc(CNCC2(O)CCOC2)o1. The first-order chi connectivity index (χ1) is 8.66. The molecule has 1 aromatic rings. The third-order valence-corrected chi connectivity index (χ3v) is 3.99. The van der Waals surface area contributed by atoms with Gasteiger partial charge in [0.2, 0.25) is 0 Å². The molecule has 2 aliphatic rings. The second-order valence-electron chi connectivity index (χ2n) is 5.75. The van der Waals surface area contributed by atoms with Crippen molar-refractivity contribution in [1.29, 1.82) is 0 Å². The predicted octanol–water partition coefficient (Wildman–Crippen LogP) is 1.64. The molecular weight excluding hydrogens is 230 g/mol. The first kappa shape index (κ1) is 12.2. The quantitative estimate of drug-likeness (QED) is 0.835. The summed E-state index contributed by atoms with van der Waals surface area (Å²) in [4.78, 5) is 0. The molecule has 3 rings (SSSR count). The molecule has 1 aliphatic heterocycles. The van der Waals surface area contributed by atoms with Crippen molar-refractivity contribution in [2.75, 3.05) is 19.8 Å². The zero-order valence-electron chi connectivity index (χ0n) is 10.8. The van der Waals surface area contributed by atoms with Crippen molar-refractivity contribution in [1.82, 2.24) is 5.32 Å². The summed E-state index contributed by atoms with van der Waals surface area (Å²) in [7, 11) is 0. The lowest BCUT2D eigenvalue weighted by Gasteiger charge is -2.20. The first-order valence-electron chi connectivity index (χ1n) is 6.76.